The number of pyridine rings is 1. The molecule has 2 aromatic rings. The molecule has 0 saturated carbocycles. The largest absolute Gasteiger partial charge is 0.508 e. The van der Waals surface area contributed by atoms with Gasteiger partial charge in [-0.2, -0.15) is 4.57 Å². The molecule has 1 heterocycles. The lowest BCUT2D eigenvalue weighted by molar-refractivity contribution is -0.596. The fraction of sp³-hybridized carbons (Fsp3) is 0.154. The third kappa shape index (κ3) is 2.30. The first kappa shape index (κ1) is 11.3. The maximum atomic E-state index is 10.0. The van der Waals surface area contributed by atoms with Crippen LogP contribution in [0.5, 0.6) is 17.2 Å². The van der Waals surface area contributed by atoms with Gasteiger partial charge in [0.1, 0.15) is 5.75 Å². The van der Waals surface area contributed by atoms with Crippen molar-refractivity contribution in [2.45, 2.75) is 6.92 Å². The molecule has 0 aliphatic heterocycles. The number of phenolic OH excluding ortho intramolecular Hbond substituents is 2. The number of hydrogen-bond donors (Lipinski definition) is 2. The summed E-state index contributed by atoms with van der Waals surface area (Å²) in [6.07, 6.45) is 3.56. The molecule has 4 heteroatoms. The van der Waals surface area contributed by atoms with Crippen LogP contribution in [0, 0.1) is 0 Å². The Hall–Kier alpha value is -2.23. The highest BCUT2D eigenvalue weighted by molar-refractivity contribution is 5.54. The van der Waals surface area contributed by atoms with Gasteiger partial charge in [0.25, 0.3) is 5.69 Å². The van der Waals surface area contributed by atoms with E-state index in [1.165, 1.54) is 12.1 Å². The number of aromatic hydroxyl groups is 2. The van der Waals surface area contributed by atoms with Gasteiger partial charge < -0.3 is 14.9 Å². The van der Waals surface area contributed by atoms with E-state index in [1.54, 1.807) is 17.0 Å². The van der Waals surface area contributed by atoms with Crippen LogP contribution in [-0.2, 0) is 0 Å². The van der Waals surface area contributed by atoms with Crippen LogP contribution in [0.4, 0.5) is 0 Å². The van der Waals surface area contributed by atoms with Gasteiger partial charge in [-0.3, -0.25) is 0 Å². The number of aromatic nitrogens is 1. The summed E-state index contributed by atoms with van der Waals surface area (Å²) in [5.41, 5.74) is 0.481. The lowest BCUT2D eigenvalue weighted by Gasteiger charge is -2.07. The molecular formula is C13H14NO3+. The van der Waals surface area contributed by atoms with Crippen LogP contribution in [0.1, 0.15) is 6.92 Å². The topological polar surface area (TPSA) is 53.6 Å². The predicted octanol–water partition coefficient (Wildman–Crippen LogP) is 1.77. The van der Waals surface area contributed by atoms with E-state index in [1.807, 2.05) is 25.1 Å². The Balaban J connectivity index is 2.54. The molecule has 1 aromatic heterocycles. The van der Waals surface area contributed by atoms with Gasteiger partial charge in [0.05, 0.1) is 12.7 Å². The zero-order chi connectivity index (χ0) is 12.3. The van der Waals surface area contributed by atoms with Crippen LogP contribution in [0.15, 0.2) is 42.7 Å². The molecule has 0 saturated heterocycles. The van der Waals surface area contributed by atoms with Crippen LogP contribution >= 0.6 is 0 Å². The molecule has 2 rings (SSSR count). The Kier molecular flexibility index (Phi) is 3.14. The van der Waals surface area contributed by atoms with E-state index < -0.39 is 0 Å². The van der Waals surface area contributed by atoms with E-state index in [0.29, 0.717) is 12.3 Å². The lowest BCUT2D eigenvalue weighted by Crippen LogP contribution is -2.29. The molecule has 0 bridgehead atoms. The van der Waals surface area contributed by atoms with Gasteiger partial charge in [0, 0.05) is 18.2 Å². The number of ether oxygens (including phenoxy) is 1. The first-order valence-electron chi connectivity index (χ1n) is 5.38. The van der Waals surface area contributed by atoms with Crippen molar-refractivity contribution in [3.8, 4) is 22.9 Å². The number of nitrogens with zero attached hydrogens (tertiary/aromatic N) is 1. The summed E-state index contributed by atoms with van der Waals surface area (Å²) < 4.78 is 6.96. The molecule has 0 radical (unpaired) electrons. The third-order valence-corrected chi connectivity index (χ3v) is 2.33. The second-order valence-corrected chi connectivity index (χ2v) is 3.53. The third-order valence-electron chi connectivity index (χ3n) is 2.33. The first-order chi connectivity index (χ1) is 8.22. The van der Waals surface area contributed by atoms with Crippen molar-refractivity contribution in [1.82, 2.24) is 0 Å². The summed E-state index contributed by atoms with van der Waals surface area (Å²) >= 11 is 0. The fourth-order valence-corrected chi connectivity index (χ4v) is 1.60. The summed E-state index contributed by atoms with van der Waals surface area (Å²) in [5, 5.41) is 19.6. The average molecular weight is 232 g/mol. The van der Waals surface area contributed by atoms with Gasteiger partial charge >= 0.3 is 0 Å². The standard InChI is InChI=1S/C13H13NO3/c1-2-17-12-9-10(15)8-11(13(12)16)14-6-4-3-5-7-14/h3-9H,2H2,1H3,(H-,15,16)/p+1. The van der Waals surface area contributed by atoms with Crippen molar-refractivity contribution in [3.63, 3.8) is 0 Å². The summed E-state index contributed by atoms with van der Waals surface area (Å²) in [5.74, 6) is 0.345. The van der Waals surface area contributed by atoms with E-state index >= 15 is 0 Å². The average Bonchev–Trinajstić information content (AvgIpc) is 2.35. The molecule has 0 fully saturated rings. The number of hydrogen-bond acceptors (Lipinski definition) is 3. The van der Waals surface area contributed by atoms with Crippen molar-refractivity contribution in [2.75, 3.05) is 6.61 Å². The molecule has 88 valence electrons. The van der Waals surface area contributed by atoms with Gasteiger partial charge in [0.15, 0.2) is 18.1 Å². The first-order valence-corrected chi connectivity index (χ1v) is 5.38. The minimum Gasteiger partial charge on any atom is -0.508 e. The summed E-state index contributed by atoms with van der Waals surface area (Å²) in [4.78, 5) is 0. The molecule has 4 nitrogen and oxygen atoms in total. The molecule has 0 aliphatic carbocycles. The molecular weight excluding hydrogens is 218 g/mol. The zero-order valence-corrected chi connectivity index (χ0v) is 9.50. The molecule has 0 unspecified atom stereocenters. The van der Waals surface area contributed by atoms with Crippen LogP contribution in [-0.4, -0.2) is 16.8 Å². The maximum Gasteiger partial charge on any atom is 0.260 e. The van der Waals surface area contributed by atoms with Gasteiger partial charge in [-0.25, -0.2) is 0 Å². The summed E-state index contributed by atoms with van der Waals surface area (Å²) in [7, 11) is 0. The Morgan fingerprint density at radius 1 is 1.12 bits per heavy atom. The minimum absolute atomic E-state index is 0.0147. The molecule has 0 aliphatic rings. The second-order valence-electron chi connectivity index (χ2n) is 3.53. The lowest BCUT2D eigenvalue weighted by atomic mass is 10.2. The predicted molar refractivity (Wildman–Crippen MR) is 62.5 cm³/mol. The highest BCUT2D eigenvalue weighted by Gasteiger charge is 2.18. The normalized spacial score (nSPS) is 10.2. The minimum atomic E-state index is 0.0147. The fourth-order valence-electron chi connectivity index (χ4n) is 1.60. The van der Waals surface area contributed by atoms with E-state index in [-0.39, 0.29) is 17.2 Å². The Labute approximate surface area is 99.4 Å². The highest BCUT2D eigenvalue weighted by atomic mass is 16.5. The molecule has 1 aromatic carbocycles. The summed E-state index contributed by atoms with van der Waals surface area (Å²) in [6.45, 7) is 2.24. The monoisotopic (exact) mass is 232 g/mol. The molecule has 2 N–H and O–H groups in total. The SMILES string of the molecule is CCOc1cc(O)cc(-[n+]2ccccc2)c1O. The van der Waals surface area contributed by atoms with E-state index in [0.717, 1.165) is 0 Å². The van der Waals surface area contributed by atoms with E-state index in [2.05, 4.69) is 0 Å². The molecule has 0 spiro atoms. The van der Waals surface area contributed by atoms with Crippen molar-refractivity contribution in [3.05, 3.63) is 42.7 Å². The Bertz CT molecular complexity index is 512. The second kappa shape index (κ2) is 4.74. The quantitative estimate of drug-likeness (QED) is 0.626. The van der Waals surface area contributed by atoms with Crippen molar-refractivity contribution < 1.29 is 19.5 Å². The zero-order valence-electron chi connectivity index (χ0n) is 9.50. The van der Waals surface area contributed by atoms with Gasteiger partial charge in [-0.15, -0.1) is 0 Å². The van der Waals surface area contributed by atoms with Crippen molar-refractivity contribution in [1.29, 1.82) is 0 Å². The van der Waals surface area contributed by atoms with Crippen molar-refractivity contribution >= 4 is 0 Å². The van der Waals surface area contributed by atoms with Gasteiger partial charge in [-0.05, 0) is 6.92 Å². The van der Waals surface area contributed by atoms with Crippen LogP contribution in [0.25, 0.3) is 5.69 Å². The maximum absolute atomic E-state index is 10.0. The number of phenols is 2. The van der Waals surface area contributed by atoms with Crippen LogP contribution in [0.2, 0.25) is 0 Å². The van der Waals surface area contributed by atoms with Gasteiger partial charge in [0.2, 0.25) is 5.75 Å². The number of benzene rings is 1. The molecule has 17 heavy (non-hydrogen) atoms. The van der Waals surface area contributed by atoms with E-state index in [4.69, 9.17) is 4.74 Å². The van der Waals surface area contributed by atoms with E-state index in [9.17, 15) is 10.2 Å². The number of rotatable bonds is 3. The molecule has 0 atom stereocenters. The van der Waals surface area contributed by atoms with Crippen LogP contribution < -0.4 is 9.30 Å². The Morgan fingerprint density at radius 2 is 1.82 bits per heavy atom. The highest BCUT2D eigenvalue weighted by Crippen LogP contribution is 2.34. The Morgan fingerprint density at radius 3 is 2.47 bits per heavy atom. The molecule has 0 amide bonds. The smallest absolute Gasteiger partial charge is 0.260 e. The summed E-state index contributed by atoms with van der Waals surface area (Å²) in [6, 6.07) is 8.43. The van der Waals surface area contributed by atoms with Crippen molar-refractivity contribution in [2.24, 2.45) is 0 Å². The van der Waals surface area contributed by atoms with Gasteiger partial charge in [-0.1, -0.05) is 6.07 Å². The van der Waals surface area contributed by atoms with Crippen LogP contribution in [0.3, 0.4) is 0 Å².